The summed E-state index contributed by atoms with van der Waals surface area (Å²) in [6, 6.07) is 9.14. The topological polar surface area (TPSA) is 71.4 Å². The van der Waals surface area contributed by atoms with E-state index in [1.165, 1.54) is 10.4 Å². The molecule has 0 aliphatic carbocycles. The molecule has 3 rings (SSSR count). The minimum Gasteiger partial charge on any atom is -0.343 e. The fourth-order valence-corrected chi connectivity index (χ4v) is 5.07. The molecule has 6 nitrogen and oxygen atoms in total. The van der Waals surface area contributed by atoms with Gasteiger partial charge in [-0.2, -0.15) is 4.31 Å². The van der Waals surface area contributed by atoms with E-state index in [4.69, 9.17) is 0 Å². The third-order valence-electron chi connectivity index (χ3n) is 5.00. The molecule has 0 radical (unpaired) electrons. The first-order chi connectivity index (χ1) is 12.3. The zero-order chi connectivity index (χ0) is 18.9. The van der Waals surface area contributed by atoms with Gasteiger partial charge < -0.3 is 9.88 Å². The molecule has 1 fully saturated rings. The van der Waals surface area contributed by atoms with Crippen molar-refractivity contribution in [2.45, 2.75) is 38.0 Å². The number of sulfonamides is 1. The summed E-state index contributed by atoms with van der Waals surface area (Å²) in [5.74, 6) is -0.313. The second kappa shape index (κ2) is 7.25. The van der Waals surface area contributed by atoms with E-state index in [0.29, 0.717) is 30.2 Å². The standard InChI is InChI=1S/C19H25N3O3S/c1-4-15-8-7-9-16(12-15)20-19(23)17-13-18(14(2)21(17)3)26(24,25)22-10-5-6-11-22/h7-9,12-13H,4-6,10-11H2,1-3H3,(H,20,23). The average Bonchev–Trinajstić information content (AvgIpc) is 3.25. The fourth-order valence-electron chi connectivity index (χ4n) is 3.28. The molecule has 2 aromatic rings. The molecule has 1 aromatic heterocycles. The third kappa shape index (κ3) is 3.41. The largest absolute Gasteiger partial charge is 0.343 e. The van der Waals surface area contributed by atoms with Crippen LogP contribution in [0.3, 0.4) is 0 Å². The maximum atomic E-state index is 12.9. The van der Waals surface area contributed by atoms with Crippen molar-refractivity contribution in [1.82, 2.24) is 8.87 Å². The van der Waals surface area contributed by atoms with Crippen LogP contribution in [-0.4, -0.2) is 36.3 Å². The van der Waals surface area contributed by atoms with E-state index in [0.717, 1.165) is 24.8 Å². The van der Waals surface area contributed by atoms with Crippen LogP contribution in [0.5, 0.6) is 0 Å². The summed E-state index contributed by atoms with van der Waals surface area (Å²) in [5, 5.41) is 2.87. The van der Waals surface area contributed by atoms with Gasteiger partial charge in [0.05, 0.1) is 0 Å². The Morgan fingerprint density at radius 3 is 2.54 bits per heavy atom. The van der Waals surface area contributed by atoms with E-state index >= 15 is 0 Å². The number of carbonyl (C=O) groups excluding carboxylic acids is 1. The summed E-state index contributed by atoms with van der Waals surface area (Å²) in [7, 11) is -1.84. The zero-order valence-electron chi connectivity index (χ0n) is 15.4. The van der Waals surface area contributed by atoms with Crippen LogP contribution in [0, 0.1) is 6.92 Å². The quantitative estimate of drug-likeness (QED) is 0.873. The molecule has 1 aliphatic rings. The molecule has 0 atom stereocenters. The highest BCUT2D eigenvalue weighted by atomic mass is 32.2. The van der Waals surface area contributed by atoms with E-state index in [1.807, 2.05) is 24.3 Å². The molecule has 1 saturated heterocycles. The molecule has 1 aromatic carbocycles. The molecule has 1 aliphatic heterocycles. The number of aromatic nitrogens is 1. The van der Waals surface area contributed by atoms with Gasteiger partial charge in [0.25, 0.3) is 5.91 Å². The smallest absolute Gasteiger partial charge is 0.272 e. The molecule has 1 N–H and O–H groups in total. The minimum atomic E-state index is -3.56. The summed E-state index contributed by atoms with van der Waals surface area (Å²) >= 11 is 0. The Labute approximate surface area is 154 Å². The third-order valence-corrected chi connectivity index (χ3v) is 7.01. The Bertz CT molecular complexity index is 926. The van der Waals surface area contributed by atoms with Crippen molar-refractivity contribution in [2.75, 3.05) is 18.4 Å². The van der Waals surface area contributed by atoms with Gasteiger partial charge in [-0.3, -0.25) is 4.79 Å². The SMILES string of the molecule is CCc1cccc(NC(=O)c2cc(S(=O)(=O)N3CCCC3)c(C)n2C)c1. The van der Waals surface area contributed by atoms with Gasteiger partial charge in [-0.05, 0) is 49.9 Å². The van der Waals surface area contributed by atoms with Crippen LogP contribution in [0.25, 0.3) is 0 Å². The number of rotatable bonds is 5. The molecule has 1 amide bonds. The van der Waals surface area contributed by atoms with E-state index < -0.39 is 10.0 Å². The monoisotopic (exact) mass is 375 g/mol. The van der Waals surface area contributed by atoms with Gasteiger partial charge in [0.2, 0.25) is 10.0 Å². The summed E-state index contributed by atoms with van der Waals surface area (Å²) in [4.78, 5) is 12.9. The van der Waals surface area contributed by atoms with Crippen LogP contribution in [0.4, 0.5) is 5.69 Å². The Kier molecular flexibility index (Phi) is 5.20. The number of nitrogens with zero attached hydrogens (tertiary/aromatic N) is 2. The van der Waals surface area contributed by atoms with Gasteiger partial charge in [0.15, 0.2) is 0 Å². The number of hydrogen-bond acceptors (Lipinski definition) is 3. The van der Waals surface area contributed by atoms with Crippen LogP contribution >= 0.6 is 0 Å². The lowest BCUT2D eigenvalue weighted by atomic mass is 10.1. The molecule has 140 valence electrons. The number of anilines is 1. The number of carbonyl (C=O) groups is 1. The highest BCUT2D eigenvalue weighted by molar-refractivity contribution is 7.89. The fraction of sp³-hybridized carbons (Fsp3) is 0.421. The lowest BCUT2D eigenvalue weighted by Crippen LogP contribution is -2.28. The van der Waals surface area contributed by atoms with Gasteiger partial charge in [0, 0.05) is 31.5 Å². The number of benzene rings is 1. The highest BCUT2D eigenvalue weighted by Gasteiger charge is 2.31. The van der Waals surface area contributed by atoms with Gasteiger partial charge >= 0.3 is 0 Å². The maximum Gasteiger partial charge on any atom is 0.272 e. The van der Waals surface area contributed by atoms with Crippen LogP contribution in [0.15, 0.2) is 35.2 Å². The zero-order valence-corrected chi connectivity index (χ0v) is 16.3. The van der Waals surface area contributed by atoms with Crippen molar-refractivity contribution in [2.24, 2.45) is 7.05 Å². The first-order valence-electron chi connectivity index (χ1n) is 8.91. The number of hydrogen-bond donors (Lipinski definition) is 1. The van der Waals surface area contributed by atoms with Crippen LogP contribution in [0.2, 0.25) is 0 Å². The number of aryl methyl sites for hydroxylation is 1. The second-order valence-electron chi connectivity index (χ2n) is 6.66. The molecule has 2 heterocycles. The van der Waals surface area contributed by atoms with E-state index in [-0.39, 0.29) is 10.8 Å². The normalized spacial score (nSPS) is 15.3. The predicted octanol–water partition coefficient (Wildman–Crippen LogP) is 2.93. The molecular formula is C19H25N3O3S. The van der Waals surface area contributed by atoms with E-state index in [1.54, 1.807) is 18.5 Å². The number of nitrogens with one attached hydrogen (secondary N) is 1. The minimum absolute atomic E-state index is 0.217. The summed E-state index contributed by atoms with van der Waals surface area (Å²) in [5.41, 5.74) is 2.74. The van der Waals surface area contributed by atoms with Gasteiger partial charge in [-0.15, -0.1) is 0 Å². The van der Waals surface area contributed by atoms with Crippen LogP contribution < -0.4 is 5.32 Å². The molecule has 0 saturated carbocycles. The average molecular weight is 375 g/mol. The van der Waals surface area contributed by atoms with Crippen LogP contribution in [-0.2, 0) is 23.5 Å². The first-order valence-corrected chi connectivity index (χ1v) is 10.4. The van der Waals surface area contributed by atoms with E-state index in [9.17, 15) is 13.2 Å². The molecule has 0 spiro atoms. The Morgan fingerprint density at radius 2 is 1.88 bits per heavy atom. The molecule has 0 bridgehead atoms. The van der Waals surface area contributed by atoms with Gasteiger partial charge in [-0.25, -0.2) is 8.42 Å². The first kappa shape index (κ1) is 18.7. The van der Waals surface area contributed by atoms with Gasteiger partial charge in [0.1, 0.15) is 10.6 Å². The summed E-state index contributed by atoms with van der Waals surface area (Å²) < 4.78 is 28.9. The maximum absolute atomic E-state index is 12.9. The summed E-state index contributed by atoms with van der Waals surface area (Å²) in [6.45, 7) is 4.87. The van der Waals surface area contributed by atoms with Crippen molar-refractivity contribution in [3.8, 4) is 0 Å². The molecule has 0 unspecified atom stereocenters. The lowest BCUT2D eigenvalue weighted by molar-refractivity contribution is 0.101. The Hall–Kier alpha value is -2.12. The Morgan fingerprint density at radius 1 is 1.19 bits per heavy atom. The molecule has 7 heteroatoms. The van der Waals surface area contributed by atoms with Crippen molar-refractivity contribution in [1.29, 1.82) is 0 Å². The van der Waals surface area contributed by atoms with Crippen molar-refractivity contribution >= 4 is 21.6 Å². The van der Waals surface area contributed by atoms with Crippen molar-refractivity contribution < 1.29 is 13.2 Å². The molecular weight excluding hydrogens is 350 g/mol. The highest BCUT2D eigenvalue weighted by Crippen LogP contribution is 2.26. The van der Waals surface area contributed by atoms with Gasteiger partial charge in [-0.1, -0.05) is 19.1 Å². The van der Waals surface area contributed by atoms with Crippen molar-refractivity contribution in [3.63, 3.8) is 0 Å². The van der Waals surface area contributed by atoms with Crippen LogP contribution in [0.1, 0.15) is 41.5 Å². The number of amides is 1. The molecule has 26 heavy (non-hydrogen) atoms. The Balaban J connectivity index is 1.90. The predicted molar refractivity (Wildman–Crippen MR) is 102 cm³/mol. The summed E-state index contributed by atoms with van der Waals surface area (Å²) in [6.07, 6.45) is 2.64. The van der Waals surface area contributed by atoms with Crippen molar-refractivity contribution in [3.05, 3.63) is 47.3 Å². The second-order valence-corrected chi connectivity index (χ2v) is 8.56. The lowest BCUT2D eigenvalue weighted by Gasteiger charge is -2.15. The van der Waals surface area contributed by atoms with E-state index in [2.05, 4.69) is 12.2 Å².